The van der Waals surface area contributed by atoms with E-state index in [0.29, 0.717) is 24.3 Å². The van der Waals surface area contributed by atoms with Crippen LogP contribution in [0.15, 0.2) is 47.4 Å². The summed E-state index contributed by atoms with van der Waals surface area (Å²) in [6, 6.07) is 11.6. The number of rotatable bonds is 5. The molecule has 1 aliphatic rings. The van der Waals surface area contributed by atoms with E-state index in [1.165, 1.54) is 4.31 Å². The topological polar surface area (TPSA) is 83.6 Å². The van der Waals surface area contributed by atoms with E-state index in [0.717, 1.165) is 17.5 Å². The Balaban J connectivity index is 1.91. The zero-order valence-corrected chi connectivity index (χ0v) is 16.4. The summed E-state index contributed by atoms with van der Waals surface area (Å²) in [6.07, 6.45) is 1.40. The fourth-order valence-electron chi connectivity index (χ4n) is 2.97. The number of sulfonamides is 2. The second-order valence-corrected chi connectivity index (χ2v) is 10.0. The molecule has 0 aliphatic carbocycles. The smallest absolute Gasteiger partial charge is 0.261 e. The molecule has 0 spiro atoms. The van der Waals surface area contributed by atoms with Crippen LogP contribution in [0.2, 0.25) is 0 Å². The fourth-order valence-corrected chi connectivity index (χ4v) is 5.64. The molecule has 1 heterocycles. The molecule has 0 atom stereocenters. The molecule has 6 nitrogen and oxygen atoms in total. The van der Waals surface area contributed by atoms with Crippen molar-refractivity contribution in [1.82, 2.24) is 0 Å². The third-order valence-corrected chi connectivity index (χ3v) is 7.72. The van der Waals surface area contributed by atoms with Crippen LogP contribution in [0.3, 0.4) is 0 Å². The minimum atomic E-state index is -3.74. The highest BCUT2D eigenvalue weighted by Gasteiger charge is 2.29. The van der Waals surface area contributed by atoms with Gasteiger partial charge >= 0.3 is 0 Å². The number of nitrogens with one attached hydrogen (secondary N) is 1. The quantitative estimate of drug-likeness (QED) is 0.845. The van der Waals surface area contributed by atoms with E-state index in [9.17, 15) is 16.8 Å². The van der Waals surface area contributed by atoms with E-state index >= 15 is 0 Å². The van der Waals surface area contributed by atoms with Gasteiger partial charge in [-0.2, -0.15) is 0 Å². The van der Waals surface area contributed by atoms with Gasteiger partial charge in [-0.05, 0) is 55.2 Å². The van der Waals surface area contributed by atoms with Gasteiger partial charge in [0.05, 0.1) is 22.0 Å². The highest BCUT2D eigenvalue weighted by molar-refractivity contribution is 7.93. The van der Waals surface area contributed by atoms with Crippen molar-refractivity contribution in [1.29, 1.82) is 0 Å². The lowest BCUT2D eigenvalue weighted by atomic mass is 10.2. The van der Waals surface area contributed by atoms with Crippen LogP contribution in [0, 0.1) is 6.92 Å². The minimum Gasteiger partial charge on any atom is -0.280 e. The largest absolute Gasteiger partial charge is 0.280 e. The second kappa shape index (κ2) is 6.92. The zero-order chi connectivity index (χ0) is 18.9. The molecule has 2 aromatic rings. The van der Waals surface area contributed by atoms with Crippen molar-refractivity contribution in [3.8, 4) is 0 Å². The molecule has 26 heavy (non-hydrogen) atoms. The highest BCUT2D eigenvalue weighted by atomic mass is 32.2. The number of benzene rings is 2. The molecular formula is C18H22N2O4S2. The maximum Gasteiger partial charge on any atom is 0.261 e. The summed E-state index contributed by atoms with van der Waals surface area (Å²) in [5, 5.41) is 0. The molecule has 0 radical (unpaired) electrons. The Morgan fingerprint density at radius 1 is 1.12 bits per heavy atom. The number of hydrogen-bond donors (Lipinski definition) is 1. The lowest BCUT2D eigenvalue weighted by Gasteiger charge is -2.20. The first-order valence-corrected chi connectivity index (χ1v) is 11.5. The molecule has 0 aromatic heterocycles. The van der Waals surface area contributed by atoms with Crippen LogP contribution in [-0.4, -0.2) is 29.1 Å². The van der Waals surface area contributed by atoms with Crippen molar-refractivity contribution < 1.29 is 16.8 Å². The Bertz CT molecular complexity index is 1010. The van der Waals surface area contributed by atoms with Gasteiger partial charge in [0.2, 0.25) is 10.0 Å². The molecule has 0 saturated carbocycles. The Morgan fingerprint density at radius 2 is 1.81 bits per heavy atom. The van der Waals surface area contributed by atoms with Crippen molar-refractivity contribution >= 4 is 31.4 Å². The Hall–Kier alpha value is -2.06. The van der Waals surface area contributed by atoms with Crippen LogP contribution in [0.5, 0.6) is 0 Å². The second-order valence-electron chi connectivity index (χ2n) is 6.35. The Labute approximate surface area is 155 Å². The van der Waals surface area contributed by atoms with E-state index in [1.807, 2.05) is 13.8 Å². The number of aryl methyl sites for hydroxylation is 2. The average Bonchev–Trinajstić information content (AvgIpc) is 2.95. The molecule has 1 N–H and O–H groups in total. The molecule has 0 unspecified atom stereocenters. The monoisotopic (exact) mass is 394 g/mol. The van der Waals surface area contributed by atoms with Crippen LogP contribution in [0.1, 0.15) is 24.5 Å². The first-order chi connectivity index (χ1) is 12.2. The highest BCUT2D eigenvalue weighted by Crippen LogP contribution is 2.30. The first-order valence-electron chi connectivity index (χ1n) is 8.46. The molecule has 1 fully saturated rings. The van der Waals surface area contributed by atoms with Crippen molar-refractivity contribution in [3.05, 3.63) is 53.6 Å². The maximum atomic E-state index is 12.6. The lowest BCUT2D eigenvalue weighted by molar-refractivity contribution is 0.598. The van der Waals surface area contributed by atoms with E-state index in [-0.39, 0.29) is 10.6 Å². The number of nitrogens with zero attached hydrogens (tertiary/aromatic N) is 1. The summed E-state index contributed by atoms with van der Waals surface area (Å²) in [5.74, 6) is 0.117. The summed E-state index contributed by atoms with van der Waals surface area (Å²) in [7, 11) is -7.07. The molecule has 1 saturated heterocycles. The molecule has 3 rings (SSSR count). The first kappa shape index (κ1) is 18.7. The van der Waals surface area contributed by atoms with Crippen molar-refractivity contribution in [3.63, 3.8) is 0 Å². The van der Waals surface area contributed by atoms with Crippen LogP contribution in [0.25, 0.3) is 0 Å². The third-order valence-electron chi connectivity index (χ3n) is 4.47. The van der Waals surface area contributed by atoms with Gasteiger partial charge in [-0.1, -0.05) is 25.1 Å². The van der Waals surface area contributed by atoms with Crippen LogP contribution < -0.4 is 9.03 Å². The van der Waals surface area contributed by atoms with Crippen LogP contribution in [0.4, 0.5) is 11.4 Å². The van der Waals surface area contributed by atoms with E-state index in [2.05, 4.69) is 4.72 Å². The molecule has 8 heteroatoms. The van der Waals surface area contributed by atoms with Gasteiger partial charge in [0.1, 0.15) is 0 Å². The lowest BCUT2D eigenvalue weighted by Crippen LogP contribution is -2.26. The van der Waals surface area contributed by atoms with E-state index in [4.69, 9.17) is 0 Å². The number of hydrogen-bond acceptors (Lipinski definition) is 4. The minimum absolute atomic E-state index is 0.117. The molecule has 0 bridgehead atoms. The predicted molar refractivity (Wildman–Crippen MR) is 104 cm³/mol. The van der Waals surface area contributed by atoms with E-state index < -0.39 is 20.0 Å². The fraction of sp³-hybridized carbons (Fsp3) is 0.333. The van der Waals surface area contributed by atoms with Gasteiger partial charge in [-0.15, -0.1) is 0 Å². The van der Waals surface area contributed by atoms with Crippen molar-refractivity contribution in [2.75, 3.05) is 21.3 Å². The van der Waals surface area contributed by atoms with Gasteiger partial charge in [0.25, 0.3) is 10.0 Å². The van der Waals surface area contributed by atoms with Crippen molar-refractivity contribution in [2.45, 2.75) is 31.6 Å². The average molecular weight is 395 g/mol. The molecule has 0 amide bonds. The molecule has 140 valence electrons. The van der Waals surface area contributed by atoms with E-state index in [1.54, 1.807) is 42.5 Å². The van der Waals surface area contributed by atoms with Gasteiger partial charge in [-0.25, -0.2) is 16.8 Å². The van der Waals surface area contributed by atoms with Gasteiger partial charge < -0.3 is 0 Å². The van der Waals surface area contributed by atoms with Crippen molar-refractivity contribution in [2.24, 2.45) is 0 Å². The number of anilines is 2. The maximum absolute atomic E-state index is 12.6. The van der Waals surface area contributed by atoms with Crippen LogP contribution >= 0.6 is 0 Å². The van der Waals surface area contributed by atoms with Gasteiger partial charge in [0.15, 0.2) is 0 Å². The standard InChI is InChI=1S/C18H22N2O4S2/c1-3-15-6-9-17(10-7-15)26(23,24)19-16-8-5-14(2)18(13-16)20-11-4-12-25(20,21)22/h5-10,13,19H,3-4,11-12H2,1-2H3. The molecule has 2 aromatic carbocycles. The van der Waals surface area contributed by atoms with Crippen LogP contribution in [-0.2, 0) is 26.5 Å². The predicted octanol–water partition coefficient (Wildman–Crippen LogP) is 2.90. The summed E-state index contributed by atoms with van der Waals surface area (Å²) in [4.78, 5) is 0.172. The summed E-state index contributed by atoms with van der Waals surface area (Å²) in [5.41, 5.74) is 2.70. The van der Waals surface area contributed by atoms with Gasteiger partial charge in [-0.3, -0.25) is 9.03 Å². The third kappa shape index (κ3) is 3.71. The summed E-state index contributed by atoms with van der Waals surface area (Å²) >= 11 is 0. The molecular weight excluding hydrogens is 372 g/mol. The molecule has 1 aliphatic heterocycles. The normalized spacial score (nSPS) is 16.6. The summed E-state index contributed by atoms with van der Waals surface area (Å²) < 4.78 is 53.5. The summed E-state index contributed by atoms with van der Waals surface area (Å²) in [6.45, 7) is 4.23. The Morgan fingerprint density at radius 3 is 2.38 bits per heavy atom. The van der Waals surface area contributed by atoms with Gasteiger partial charge in [0, 0.05) is 6.54 Å². The zero-order valence-electron chi connectivity index (χ0n) is 14.8. The SMILES string of the molecule is CCc1ccc(S(=O)(=O)Nc2ccc(C)c(N3CCCS3(=O)=O)c2)cc1. The Kier molecular flexibility index (Phi) is 4.98.